The summed E-state index contributed by atoms with van der Waals surface area (Å²) in [5.74, 6) is 0.945. The number of H-pyrrole nitrogens is 1. The second-order valence-corrected chi connectivity index (χ2v) is 3.96. The van der Waals surface area contributed by atoms with E-state index in [1.54, 1.807) is 0 Å². The summed E-state index contributed by atoms with van der Waals surface area (Å²) >= 11 is 0. The predicted molar refractivity (Wildman–Crippen MR) is 60.5 cm³/mol. The molecular formula is C12H16N2O. The van der Waals surface area contributed by atoms with Gasteiger partial charge in [-0.15, -0.1) is 0 Å². The van der Waals surface area contributed by atoms with Gasteiger partial charge in [-0.3, -0.25) is 0 Å². The maximum absolute atomic E-state index is 5.38. The smallest absolute Gasteiger partial charge is 0.136 e. The van der Waals surface area contributed by atoms with Crippen molar-refractivity contribution in [2.24, 2.45) is 0 Å². The Kier molecular flexibility index (Phi) is 2.73. The van der Waals surface area contributed by atoms with E-state index in [1.165, 1.54) is 0 Å². The highest BCUT2D eigenvalue weighted by atomic mass is 16.5. The van der Waals surface area contributed by atoms with Crippen LogP contribution in [0.1, 0.15) is 36.7 Å². The lowest BCUT2D eigenvalue weighted by molar-refractivity contribution is -0.0575. The number of aromatic amines is 1. The number of nitrogens with one attached hydrogen (secondary N) is 1. The van der Waals surface area contributed by atoms with Crippen molar-refractivity contribution < 1.29 is 4.74 Å². The van der Waals surface area contributed by atoms with Crippen LogP contribution in [0.4, 0.5) is 0 Å². The van der Waals surface area contributed by atoms with E-state index in [0.29, 0.717) is 0 Å². The largest absolute Gasteiger partial charge is 0.370 e. The van der Waals surface area contributed by atoms with E-state index in [1.807, 2.05) is 26.0 Å². The molecule has 1 aromatic rings. The number of nitrogens with zero attached hydrogens (tertiary/aromatic N) is 1. The second kappa shape index (κ2) is 4.03. The average molecular weight is 204 g/mol. The van der Waals surface area contributed by atoms with Gasteiger partial charge in [0.25, 0.3) is 0 Å². The van der Waals surface area contributed by atoms with Crippen LogP contribution < -0.4 is 0 Å². The summed E-state index contributed by atoms with van der Waals surface area (Å²) in [7, 11) is 0. The van der Waals surface area contributed by atoms with Crippen molar-refractivity contribution in [1.29, 1.82) is 0 Å². The number of hydrogen-bond acceptors (Lipinski definition) is 2. The molecule has 2 heterocycles. The molecule has 0 aliphatic carbocycles. The first-order valence-electron chi connectivity index (χ1n) is 5.18. The lowest BCUT2D eigenvalue weighted by Crippen LogP contribution is -2.19. The van der Waals surface area contributed by atoms with Gasteiger partial charge in [0.1, 0.15) is 11.9 Å². The maximum Gasteiger partial charge on any atom is 0.136 e. The number of hydrogen-bond donors (Lipinski definition) is 1. The minimum Gasteiger partial charge on any atom is -0.370 e. The highest BCUT2D eigenvalue weighted by molar-refractivity contribution is 5.51. The number of imidazole rings is 1. The van der Waals surface area contributed by atoms with Gasteiger partial charge >= 0.3 is 0 Å². The molecule has 80 valence electrons. The maximum atomic E-state index is 5.38. The summed E-state index contributed by atoms with van der Waals surface area (Å²) < 4.78 is 5.38. The summed E-state index contributed by atoms with van der Waals surface area (Å²) in [6.07, 6.45) is 5.19. The summed E-state index contributed by atoms with van der Waals surface area (Å²) in [4.78, 5) is 7.75. The van der Waals surface area contributed by atoms with E-state index in [2.05, 4.69) is 16.5 Å². The van der Waals surface area contributed by atoms with Crippen molar-refractivity contribution in [2.45, 2.75) is 26.4 Å². The van der Waals surface area contributed by atoms with E-state index in [9.17, 15) is 0 Å². The van der Waals surface area contributed by atoms with Crippen LogP contribution in [0, 0.1) is 6.92 Å². The molecule has 1 unspecified atom stereocenters. The summed E-state index contributed by atoms with van der Waals surface area (Å²) in [5, 5.41) is 0. The first-order valence-corrected chi connectivity index (χ1v) is 5.18. The van der Waals surface area contributed by atoms with E-state index in [-0.39, 0.29) is 6.10 Å². The zero-order chi connectivity index (χ0) is 10.8. The fraction of sp³-hybridized carbons (Fsp3) is 0.417. The average Bonchev–Trinajstić information content (AvgIpc) is 2.40. The summed E-state index contributed by atoms with van der Waals surface area (Å²) in [6.45, 7) is 8.66. The zero-order valence-corrected chi connectivity index (χ0v) is 9.21. The molecule has 3 nitrogen and oxygen atoms in total. The van der Waals surface area contributed by atoms with Crippen LogP contribution in [-0.4, -0.2) is 16.6 Å². The first kappa shape index (κ1) is 10.2. The van der Waals surface area contributed by atoms with Gasteiger partial charge in [0.05, 0.1) is 12.3 Å². The van der Waals surface area contributed by atoms with E-state index < -0.39 is 0 Å². The van der Waals surface area contributed by atoms with Crippen LogP contribution in [0.3, 0.4) is 0 Å². The van der Waals surface area contributed by atoms with Crippen LogP contribution >= 0.6 is 0 Å². The van der Waals surface area contributed by atoms with Crippen LogP contribution in [0.15, 0.2) is 18.2 Å². The van der Waals surface area contributed by atoms with Gasteiger partial charge in [-0.2, -0.15) is 0 Å². The van der Waals surface area contributed by atoms with Gasteiger partial charge in [-0.1, -0.05) is 18.2 Å². The molecule has 0 radical (unpaired) electrons. The Balaban J connectivity index is 2.17. The van der Waals surface area contributed by atoms with Gasteiger partial charge in [0, 0.05) is 12.1 Å². The third-order valence-corrected chi connectivity index (χ3v) is 2.47. The fourth-order valence-electron chi connectivity index (χ4n) is 1.49. The molecule has 0 spiro atoms. The van der Waals surface area contributed by atoms with Gasteiger partial charge in [0.15, 0.2) is 0 Å². The molecule has 0 bridgehead atoms. The van der Waals surface area contributed by atoms with Gasteiger partial charge in [-0.25, -0.2) is 4.98 Å². The quantitative estimate of drug-likeness (QED) is 0.769. The third kappa shape index (κ3) is 2.18. The van der Waals surface area contributed by atoms with Crippen LogP contribution in [0.25, 0.3) is 6.08 Å². The third-order valence-electron chi connectivity index (χ3n) is 2.47. The van der Waals surface area contributed by atoms with Crippen LogP contribution in [0.5, 0.6) is 0 Å². The lowest BCUT2D eigenvalue weighted by Gasteiger charge is -2.23. The molecule has 1 aromatic heterocycles. The molecular weight excluding hydrogens is 188 g/mol. The molecule has 1 aliphatic heterocycles. The van der Waals surface area contributed by atoms with Crippen molar-refractivity contribution >= 4 is 6.08 Å². The zero-order valence-electron chi connectivity index (χ0n) is 9.21. The predicted octanol–water partition coefficient (Wildman–Crippen LogP) is 2.77. The Morgan fingerprint density at radius 3 is 2.93 bits per heavy atom. The van der Waals surface area contributed by atoms with Gasteiger partial charge in [-0.05, 0) is 19.9 Å². The molecule has 2 rings (SSSR count). The van der Waals surface area contributed by atoms with Gasteiger partial charge < -0.3 is 9.72 Å². The highest BCUT2D eigenvalue weighted by Crippen LogP contribution is 2.27. The molecule has 1 atom stereocenters. The van der Waals surface area contributed by atoms with Crippen LogP contribution in [0.2, 0.25) is 0 Å². The van der Waals surface area contributed by atoms with E-state index in [0.717, 1.165) is 35.8 Å². The summed E-state index contributed by atoms with van der Waals surface area (Å²) in [5.41, 5.74) is 3.08. The Hall–Kier alpha value is -1.35. The molecule has 15 heavy (non-hydrogen) atoms. The summed E-state index contributed by atoms with van der Waals surface area (Å²) in [6, 6.07) is 0. The fourth-order valence-corrected chi connectivity index (χ4v) is 1.49. The Bertz CT molecular complexity index is 400. The van der Waals surface area contributed by atoms with Crippen molar-refractivity contribution in [1.82, 2.24) is 9.97 Å². The normalized spacial score (nSPS) is 20.5. The van der Waals surface area contributed by atoms with Gasteiger partial charge in [0.2, 0.25) is 0 Å². The van der Waals surface area contributed by atoms with Crippen molar-refractivity contribution in [3.63, 3.8) is 0 Å². The Labute approximate surface area is 89.9 Å². The Morgan fingerprint density at radius 1 is 1.67 bits per heavy atom. The minimum atomic E-state index is 0.177. The Morgan fingerprint density at radius 2 is 2.40 bits per heavy atom. The molecule has 1 aliphatic rings. The minimum absolute atomic E-state index is 0.177. The van der Waals surface area contributed by atoms with Crippen molar-refractivity contribution in [3.05, 3.63) is 35.4 Å². The first-order chi connectivity index (χ1) is 7.16. The molecule has 3 heteroatoms. The monoisotopic (exact) mass is 204 g/mol. The number of aryl methyl sites for hydroxylation is 1. The standard InChI is InChI=1S/C12H16N2O/c1-8(2)4-5-10-9(3)13-12(14-10)11-6-7-15-11/h4-5,11H,1,6-7H2,2-3H3,(H,13,14)/b5-4-. The van der Waals surface area contributed by atoms with Crippen molar-refractivity contribution in [3.8, 4) is 0 Å². The molecule has 1 fully saturated rings. The van der Waals surface area contributed by atoms with Crippen LogP contribution in [-0.2, 0) is 4.74 Å². The number of rotatable bonds is 3. The molecule has 0 aromatic carbocycles. The van der Waals surface area contributed by atoms with E-state index >= 15 is 0 Å². The topological polar surface area (TPSA) is 37.9 Å². The highest BCUT2D eigenvalue weighted by Gasteiger charge is 2.23. The second-order valence-electron chi connectivity index (χ2n) is 3.96. The molecule has 0 amide bonds. The van der Waals surface area contributed by atoms with Crippen molar-refractivity contribution in [2.75, 3.05) is 6.61 Å². The van der Waals surface area contributed by atoms with E-state index in [4.69, 9.17) is 4.74 Å². The number of ether oxygens (including phenoxy) is 1. The molecule has 1 saturated heterocycles. The SMILES string of the molecule is C=C(C)/C=C\c1nc(C2CCO2)[nH]c1C. The lowest BCUT2D eigenvalue weighted by atomic mass is 10.2. The number of aromatic nitrogens is 2. The molecule has 0 saturated carbocycles. The molecule has 1 N–H and O–H groups in total. The number of allylic oxidation sites excluding steroid dienone is 2.